The molecule has 0 saturated heterocycles. The molecular formula is C37H36FN7O6. The number of carbonyl (C=O) groups is 3. The average molecular weight is 694 g/mol. The van der Waals surface area contributed by atoms with E-state index in [0.29, 0.717) is 33.8 Å². The molecule has 1 N–H and O–H groups in total. The fourth-order valence-corrected chi connectivity index (χ4v) is 5.13. The van der Waals surface area contributed by atoms with Crippen LogP contribution < -0.4 is 10.2 Å². The number of carbonyl (C=O) groups excluding carboxylic acids is 3. The molecule has 0 fully saturated rings. The van der Waals surface area contributed by atoms with Gasteiger partial charge in [-0.25, -0.2) is 28.8 Å². The number of hydrogen-bond donors (Lipinski definition) is 1. The Balaban J connectivity index is 1.35. The lowest BCUT2D eigenvalue weighted by Crippen LogP contribution is -2.35. The van der Waals surface area contributed by atoms with Crippen LogP contribution in [0.2, 0.25) is 0 Å². The molecule has 0 spiro atoms. The first-order chi connectivity index (χ1) is 24.1. The lowest BCUT2D eigenvalue weighted by molar-refractivity contribution is 0.0513. The summed E-state index contributed by atoms with van der Waals surface area (Å²) in [7, 11) is 0. The standard InChI is InChI=1S/C37H36FN7O6/c1-36(2,3)50-34(47)44-19-25(17-40-44)22-10-12-28(13-11-22)45(35(48)51-37(4,5)6)32-29-20-49-21-30(29)42-31(43-32)23-8-7-9-27(15-23)41-33(46)24-14-26(38)18-39-16-24/h7-19H,20-21H2,1-6H3,(H,41,46). The number of hydrogen-bond acceptors (Lipinski definition) is 10. The maximum Gasteiger partial charge on any atom is 0.435 e. The van der Waals surface area contributed by atoms with E-state index in [2.05, 4.69) is 15.4 Å². The van der Waals surface area contributed by atoms with Gasteiger partial charge in [0.2, 0.25) is 0 Å². The van der Waals surface area contributed by atoms with Crippen molar-refractivity contribution in [2.45, 2.75) is 66.0 Å². The first-order valence-electron chi connectivity index (χ1n) is 16.0. The molecular weight excluding hydrogens is 657 g/mol. The molecule has 0 saturated carbocycles. The number of fused-ring (bicyclic) bond motifs is 1. The second kappa shape index (κ2) is 13.7. The summed E-state index contributed by atoms with van der Waals surface area (Å²) in [4.78, 5) is 54.0. The van der Waals surface area contributed by atoms with E-state index >= 15 is 0 Å². The smallest absolute Gasteiger partial charge is 0.435 e. The fraction of sp³-hybridized carbons (Fsp3) is 0.270. The number of rotatable bonds is 6. The topological polar surface area (TPSA) is 151 Å². The van der Waals surface area contributed by atoms with Crippen molar-refractivity contribution in [1.82, 2.24) is 24.7 Å². The zero-order valence-electron chi connectivity index (χ0n) is 28.9. The van der Waals surface area contributed by atoms with Gasteiger partial charge in [0.15, 0.2) is 11.6 Å². The Morgan fingerprint density at radius 3 is 2.31 bits per heavy atom. The van der Waals surface area contributed by atoms with Gasteiger partial charge in [0.25, 0.3) is 5.91 Å². The van der Waals surface area contributed by atoms with Crippen molar-refractivity contribution < 1.29 is 33.0 Å². The molecule has 6 rings (SSSR count). The zero-order chi connectivity index (χ0) is 36.5. The van der Waals surface area contributed by atoms with Gasteiger partial charge in [0.1, 0.15) is 17.0 Å². The molecule has 14 heteroatoms. The van der Waals surface area contributed by atoms with Gasteiger partial charge in [-0.15, -0.1) is 0 Å². The summed E-state index contributed by atoms with van der Waals surface area (Å²) in [5, 5.41) is 6.90. The number of halogens is 1. The number of pyridine rings is 1. The molecule has 1 aliphatic heterocycles. The largest absolute Gasteiger partial charge is 0.443 e. The monoisotopic (exact) mass is 693 g/mol. The highest BCUT2D eigenvalue weighted by molar-refractivity contribution is 6.04. The molecule has 2 amide bonds. The van der Waals surface area contributed by atoms with E-state index in [0.717, 1.165) is 22.5 Å². The van der Waals surface area contributed by atoms with Crippen molar-refractivity contribution in [1.29, 1.82) is 0 Å². The first-order valence-corrected chi connectivity index (χ1v) is 16.0. The van der Waals surface area contributed by atoms with Crippen molar-refractivity contribution in [3.05, 3.63) is 102 Å². The molecule has 0 radical (unpaired) electrons. The highest BCUT2D eigenvalue weighted by Crippen LogP contribution is 2.36. The van der Waals surface area contributed by atoms with Crippen LogP contribution in [-0.2, 0) is 27.4 Å². The molecule has 262 valence electrons. The minimum Gasteiger partial charge on any atom is -0.443 e. The van der Waals surface area contributed by atoms with Gasteiger partial charge < -0.3 is 19.5 Å². The summed E-state index contributed by atoms with van der Waals surface area (Å²) in [5.41, 5.74) is 2.58. The maximum absolute atomic E-state index is 13.9. The summed E-state index contributed by atoms with van der Waals surface area (Å²) < 4.78 is 31.8. The number of aromatic nitrogens is 5. The second-order valence-corrected chi connectivity index (χ2v) is 13.7. The predicted molar refractivity (Wildman–Crippen MR) is 186 cm³/mol. The molecule has 5 aromatic rings. The van der Waals surface area contributed by atoms with Crippen molar-refractivity contribution >= 4 is 35.3 Å². The highest BCUT2D eigenvalue weighted by atomic mass is 19.1. The van der Waals surface area contributed by atoms with Gasteiger partial charge in [-0.2, -0.15) is 9.78 Å². The number of nitrogens with one attached hydrogen (secondary N) is 1. The van der Waals surface area contributed by atoms with E-state index in [1.807, 2.05) is 0 Å². The van der Waals surface area contributed by atoms with E-state index in [4.69, 9.17) is 24.2 Å². The zero-order valence-corrected chi connectivity index (χ0v) is 28.9. The van der Waals surface area contributed by atoms with Crippen LogP contribution in [0.1, 0.15) is 63.2 Å². The van der Waals surface area contributed by atoms with E-state index in [-0.39, 0.29) is 30.4 Å². The van der Waals surface area contributed by atoms with Gasteiger partial charge in [0.05, 0.1) is 42.6 Å². The Hall–Kier alpha value is -6.02. The SMILES string of the molecule is CC(C)(C)OC(=O)N(c1ccc(-c2cnn(C(=O)OC(C)(C)C)c2)cc1)c1nc(-c2cccc(NC(=O)c3cncc(F)c3)c2)nc2c1COC2. The average Bonchev–Trinajstić information content (AvgIpc) is 3.75. The predicted octanol–water partition coefficient (Wildman–Crippen LogP) is 7.68. The molecule has 0 atom stereocenters. The number of amides is 2. The van der Waals surface area contributed by atoms with Crippen LogP contribution in [-0.4, -0.2) is 54.0 Å². The van der Waals surface area contributed by atoms with Crippen molar-refractivity contribution in [3.8, 4) is 22.5 Å². The highest BCUT2D eigenvalue weighted by Gasteiger charge is 2.32. The van der Waals surface area contributed by atoms with Gasteiger partial charge in [-0.05, 0) is 77.4 Å². The Labute approximate surface area is 293 Å². The van der Waals surface area contributed by atoms with Crippen LogP contribution in [0.3, 0.4) is 0 Å². The first kappa shape index (κ1) is 34.8. The normalized spacial score (nSPS) is 12.6. The van der Waals surface area contributed by atoms with Gasteiger partial charge in [0, 0.05) is 34.8 Å². The molecule has 13 nitrogen and oxygen atoms in total. The summed E-state index contributed by atoms with van der Waals surface area (Å²) in [6.45, 7) is 11.0. The van der Waals surface area contributed by atoms with Crippen LogP contribution >= 0.6 is 0 Å². The summed E-state index contributed by atoms with van der Waals surface area (Å²) >= 11 is 0. The Bertz CT molecular complexity index is 2120. The van der Waals surface area contributed by atoms with E-state index in [1.54, 1.807) is 102 Å². The summed E-state index contributed by atoms with van der Waals surface area (Å²) in [6, 6.07) is 15.0. The molecule has 0 aliphatic carbocycles. The van der Waals surface area contributed by atoms with Crippen LogP contribution in [0.4, 0.5) is 31.2 Å². The van der Waals surface area contributed by atoms with Gasteiger partial charge in [-0.1, -0.05) is 24.3 Å². The molecule has 0 bridgehead atoms. The van der Waals surface area contributed by atoms with Crippen LogP contribution in [0.5, 0.6) is 0 Å². The second-order valence-electron chi connectivity index (χ2n) is 13.7. The quantitative estimate of drug-likeness (QED) is 0.188. The Morgan fingerprint density at radius 1 is 0.863 bits per heavy atom. The molecule has 1 aliphatic rings. The van der Waals surface area contributed by atoms with Crippen LogP contribution in [0.25, 0.3) is 22.5 Å². The van der Waals surface area contributed by atoms with Crippen molar-refractivity contribution in [2.75, 3.05) is 10.2 Å². The maximum atomic E-state index is 13.9. The molecule has 2 aromatic carbocycles. The lowest BCUT2D eigenvalue weighted by atomic mass is 10.1. The molecule has 51 heavy (non-hydrogen) atoms. The number of benzene rings is 2. The van der Waals surface area contributed by atoms with E-state index in [1.165, 1.54) is 11.1 Å². The third kappa shape index (κ3) is 8.24. The molecule has 3 aromatic heterocycles. The molecule has 0 unspecified atom stereocenters. The van der Waals surface area contributed by atoms with Crippen molar-refractivity contribution in [3.63, 3.8) is 0 Å². The summed E-state index contributed by atoms with van der Waals surface area (Å²) in [5.74, 6) is -0.624. The van der Waals surface area contributed by atoms with Crippen LogP contribution in [0, 0.1) is 5.82 Å². The Morgan fingerprint density at radius 2 is 1.61 bits per heavy atom. The number of anilines is 3. The summed E-state index contributed by atoms with van der Waals surface area (Å²) in [6.07, 6.45) is 4.14. The number of nitrogens with zero attached hydrogens (tertiary/aromatic N) is 6. The van der Waals surface area contributed by atoms with E-state index < -0.39 is 35.1 Å². The Kier molecular flexibility index (Phi) is 9.36. The third-order valence-electron chi connectivity index (χ3n) is 7.31. The minimum absolute atomic E-state index is 0.0597. The van der Waals surface area contributed by atoms with Crippen molar-refractivity contribution in [2.24, 2.45) is 0 Å². The molecule has 4 heterocycles. The van der Waals surface area contributed by atoms with Gasteiger partial charge >= 0.3 is 12.2 Å². The third-order valence-corrected chi connectivity index (χ3v) is 7.31. The van der Waals surface area contributed by atoms with E-state index in [9.17, 15) is 18.8 Å². The number of ether oxygens (including phenoxy) is 3. The fourth-order valence-electron chi connectivity index (χ4n) is 5.13. The van der Waals surface area contributed by atoms with Gasteiger partial charge in [-0.3, -0.25) is 9.78 Å². The van der Waals surface area contributed by atoms with Crippen LogP contribution in [0.15, 0.2) is 79.4 Å². The lowest BCUT2D eigenvalue weighted by Gasteiger charge is -2.28. The minimum atomic E-state index is -0.829.